The molecule has 5 nitrogen and oxygen atoms in total. The molecule has 1 atom stereocenters. The number of hydrogen-bond donors (Lipinski definition) is 3. The first-order valence-electron chi connectivity index (χ1n) is 6.72. The maximum absolute atomic E-state index is 11.7. The summed E-state index contributed by atoms with van der Waals surface area (Å²) in [5.74, 6) is 0. The molecule has 0 radical (unpaired) electrons. The molecule has 1 rings (SSSR count). The second kappa shape index (κ2) is 7.11. The number of ether oxygens (including phenoxy) is 1. The van der Waals surface area contributed by atoms with E-state index in [1.165, 1.54) is 0 Å². The van der Waals surface area contributed by atoms with Crippen LogP contribution in [0.25, 0.3) is 0 Å². The van der Waals surface area contributed by atoms with Gasteiger partial charge in [-0.2, -0.15) is 0 Å². The minimum absolute atomic E-state index is 0.0516. The Bertz CT molecular complexity index is 490. The summed E-state index contributed by atoms with van der Waals surface area (Å²) in [6.45, 7) is 5.76. The number of nitrogens with one attached hydrogen (secondary N) is 2. The third-order valence-electron chi connectivity index (χ3n) is 3.27. The highest BCUT2D eigenvalue weighted by atomic mass is 35.5. The Morgan fingerprint density at radius 2 is 1.81 bits per heavy atom. The van der Waals surface area contributed by atoms with Crippen LogP contribution in [0.5, 0.6) is 0 Å². The third-order valence-corrected chi connectivity index (χ3v) is 3.60. The molecule has 2 amide bonds. The molecule has 0 unspecified atom stereocenters. The fraction of sp³-hybridized carbons (Fsp3) is 0.533. The molecule has 0 aliphatic rings. The van der Waals surface area contributed by atoms with Gasteiger partial charge in [0, 0.05) is 24.2 Å². The first-order chi connectivity index (χ1) is 9.68. The number of carbonyl (C=O) groups excluding carboxylic acids is 1. The van der Waals surface area contributed by atoms with Crippen LogP contribution in [0.2, 0.25) is 5.02 Å². The van der Waals surface area contributed by atoms with Crippen molar-refractivity contribution < 1.29 is 14.6 Å². The van der Waals surface area contributed by atoms with Crippen molar-refractivity contribution in [2.75, 3.05) is 20.2 Å². The molecule has 0 aliphatic heterocycles. The van der Waals surface area contributed by atoms with Crippen molar-refractivity contribution in [2.24, 2.45) is 0 Å². The predicted molar refractivity (Wildman–Crippen MR) is 83.5 cm³/mol. The molecule has 0 aromatic heterocycles. The number of urea groups is 1. The highest BCUT2D eigenvalue weighted by Crippen LogP contribution is 2.27. The van der Waals surface area contributed by atoms with Crippen LogP contribution in [0.1, 0.15) is 26.3 Å². The predicted octanol–water partition coefficient (Wildman–Crippen LogP) is 2.27. The number of carbonyl (C=O) groups is 1. The summed E-state index contributed by atoms with van der Waals surface area (Å²) in [4.78, 5) is 11.7. The van der Waals surface area contributed by atoms with Crippen LogP contribution < -0.4 is 10.6 Å². The van der Waals surface area contributed by atoms with Gasteiger partial charge >= 0.3 is 6.03 Å². The first kappa shape index (κ1) is 17.8. The summed E-state index contributed by atoms with van der Waals surface area (Å²) >= 11 is 6.06. The van der Waals surface area contributed by atoms with Gasteiger partial charge in [-0.3, -0.25) is 0 Å². The Morgan fingerprint density at radius 1 is 1.24 bits per heavy atom. The number of aliphatic hydroxyl groups is 1. The molecule has 0 spiro atoms. The lowest BCUT2D eigenvalue weighted by Gasteiger charge is -2.26. The molecule has 0 saturated carbocycles. The van der Waals surface area contributed by atoms with E-state index in [9.17, 15) is 9.90 Å². The van der Waals surface area contributed by atoms with Gasteiger partial charge in [-0.1, -0.05) is 29.8 Å². The Balaban J connectivity index is 2.54. The van der Waals surface area contributed by atoms with Crippen LogP contribution in [-0.4, -0.2) is 36.9 Å². The molecule has 0 bridgehead atoms. The van der Waals surface area contributed by atoms with Gasteiger partial charge in [0.1, 0.15) is 5.60 Å². The Morgan fingerprint density at radius 3 is 2.38 bits per heavy atom. The van der Waals surface area contributed by atoms with Crippen molar-refractivity contribution in [1.29, 1.82) is 0 Å². The SMILES string of the molecule is COC(C)(C)CNC(=O)NC[C@](C)(O)c1ccccc1Cl. The number of rotatable bonds is 6. The van der Waals surface area contributed by atoms with Gasteiger partial charge in [0.25, 0.3) is 0 Å². The van der Waals surface area contributed by atoms with Gasteiger partial charge in [-0.25, -0.2) is 4.79 Å². The van der Waals surface area contributed by atoms with Crippen LogP contribution in [0.15, 0.2) is 24.3 Å². The fourth-order valence-corrected chi connectivity index (χ4v) is 2.01. The van der Waals surface area contributed by atoms with Gasteiger partial charge in [0.15, 0.2) is 0 Å². The molecule has 3 N–H and O–H groups in total. The van der Waals surface area contributed by atoms with E-state index in [0.29, 0.717) is 17.1 Å². The highest BCUT2D eigenvalue weighted by molar-refractivity contribution is 6.31. The van der Waals surface area contributed by atoms with Crippen molar-refractivity contribution in [3.8, 4) is 0 Å². The molecule has 0 fully saturated rings. The van der Waals surface area contributed by atoms with Crippen LogP contribution in [0.4, 0.5) is 4.79 Å². The van der Waals surface area contributed by atoms with E-state index in [-0.39, 0.29) is 12.6 Å². The summed E-state index contributed by atoms with van der Waals surface area (Å²) in [6.07, 6.45) is 0. The van der Waals surface area contributed by atoms with E-state index in [1.54, 1.807) is 38.3 Å². The van der Waals surface area contributed by atoms with E-state index < -0.39 is 11.2 Å². The van der Waals surface area contributed by atoms with E-state index >= 15 is 0 Å². The number of amides is 2. The standard InChI is InChI=1S/C15H23ClN2O3/c1-14(2,21-4)9-17-13(19)18-10-15(3,20)11-7-5-6-8-12(11)16/h5-8,20H,9-10H2,1-4H3,(H2,17,18,19)/t15-/m0/s1. The number of benzene rings is 1. The lowest BCUT2D eigenvalue weighted by Crippen LogP contribution is -2.47. The molecule has 21 heavy (non-hydrogen) atoms. The largest absolute Gasteiger partial charge is 0.384 e. The summed E-state index contributed by atoms with van der Waals surface area (Å²) < 4.78 is 5.21. The third kappa shape index (κ3) is 5.53. The molecule has 0 aliphatic carbocycles. The molecule has 1 aromatic carbocycles. The summed E-state index contributed by atoms with van der Waals surface area (Å²) in [5.41, 5.74) is -1.11. The number of halogens is 1. The van der Waals surface area contributed by atoms with Crippen LogP contribution in [0.3, 0.4) is 0 Å². The molecule has 6 heteroatoms. The molecule has 118 valence electrons. The number of methoxy groups -OCH3 is 1. The zero-order chi connectivity index (χ0) is 16.1. The minimum atomic E-state index is -1.24. The smallest absolute Gasteiger partial charge is 0.315 e. The van der Waals surface area contributed by atoms with Crippen molar-refractivity contribution in [3.05, 3.63) is 34.9 Å². The van der Waals surface area contributed by atoms with Gasteiger partial charge in [-0.05, 0) is 26.8 Å². The van der Waals surface area contributed by atoms with Crippen molar-refractivity contribution in [3.63, 3.8) is 0 Å². The molecular formula is C15H23ClN2O3. The van der Waals surface area contributed by atoms with E-state index in [1.807, 2.05) is 13.8 Å². The monoisotopic (exact) mass is 314 g/mol. The van der Waals surface area contributed by atoms with Gasteiger partial charge < -0.3 is 20.5 Å². The second-order valence-corrected chi connectivity index (χ2v) is 6.16. The Kier molecular flexibility index (Phi) is 6.01. The van der Waals surface area contributed by atoms with Crippen molar-refractivity contribution in [2.45, 2.75) is 32.0 Å². The Labute approximate surface area is 130 Å². The lowest BCUT2D eigenvalue weighted by atomic mass is 9.96. The highest BCUT2D eigenvalue weighted by Gasteiger charge is 2.26. The van der Waals surface area contributed by atoms with E-state index in [4.69, 9.17) is 16.3 Å². The normalized spacial score (nSPS) is 14.4. The van der Waals surface area contributed by atoms with Gasteiger partial charge in [0.05, 0.1) is 12.1 Å². The maximum atomic E-state index is 11.7. The molecular weight excluding hydrogens is 292 g/mol. The molecule has 0 saturated heterocycles. The number of hydrogen-bond acceptors (Lipinski definition) is 3. The zero-order valence-electron chi connectivity index (χ0n) is 12.9. The van der Waals surface area contributed by atoms with Crippen molar-refractivity contribution in [1.82, 2.24) is 10.6 Å². The van der Waals surface area contributed by atoms with E-state index in [2.05, 4.69) is 10.6 Å². The lowest BCUT2D eigenvalue weighted by molar-refractivity contribution is 0.0248. The van der Waals surface area contributed by atoms with Crippen LogP contribution >= 0.6 is 11.6 Å². The van der Waals surface area contributed by atoms with Crippen molar-refractivity contribution >= 4 is 17.6 Å². The van der Waals surface area contributed by atoms with Crippen LogP contribution in [-0.2, 0) is 10.3 Å². The minimum Gasteiger partial charge on any atom is -0.384 e. The fourth-order valence-electron chi connectivity index (χ4n) is 1.67. The summed E-state index contributed by atoms with van der Waals surface area (Å²) in [5, 5.41) is 16.2. The summed E-state index contributed by atoms with van der Waals surface area (Å²) in [6, 6.07) is 6.64. The average Bonchev–Trinajstić information content (AvgIpc) is 2.43. The Hall–Kier alpha value is -1.30. The average molecular weight is 315 g/mol. The van der Waals surface area contributed by atoms with Gasteiger partial charge in [-0.15, -0.1) is 0 Å². The van der Waals surface area contributed by atoms with E-state index in [0.717, 1.165) is 0 Å². The quantitative estimate of drug-likeness (QED) is 0.754. The zero-order valence-corrected chi connectivity index (χ0v) is 13.6. The summed E-state index contributed by atoms with van der Waals surface area (Å²) in [7, 11) is 1.59. The maximum Gasteiger partial charge on any atom is 0.315 e. The molecule has 0 heterocycles. The molecule has 1 aromatic rings. The van der Waals surface area contributed by atoms with Gasteiger partial charge in [0.2, 0.25) is 0 Å². The van der Waals surface area contributed by atoms with Crippen LogP contribution in [0, 0.1) is 0 Å². The second-order valence-electron chi connectivity index (χ2n) is 5.75. The first-order valence-corrected chi connectivity index (χ1v) is 7.10. The topological polar surface area (TPSA) is 70.6 Å².